The summed E-state index contributed by atoms with van der Waals surface area (Å²) < 4.78 is 16.0. The zero-order chi connectivity index (χ0) is 14.6. The van der Waals surface area contributed by atoms with E-state index in [-0.39, 0.29) is 12.1 Å². The molecular weight excluding hydrogens is 258 g/mol. The van der Waals surface area contributed by atoms with Crippen molar-refractivity contribution in [3.63, 3.8) is 0 Å². The first-order valence-electron chi connectivity index (χ1n) is 6.83. The van der Waals surface area contributed by atoms with Crippen molar-refractivity contribution in [1.82, 2.24) is 5.32 Å². The van der Waals surface area contributed by atoms with E-state index in [1.807, 2.05) is 12.1 Å². The molecule has 1 saturated carbocycles. The standard InChI is InChI=1S/C15H23NO4/c1-18-12-7-11(8-13(19-2)14(12)20-3)9-16-15(10-17)5-4-6-15/h7-8,16-17H,4-6,9-10H2,1-3H3. The fraction of sp³-hybridized carbons (Fsp3) is 0.600. The third-order valence-corrected chi connectivity index (χ3v) is 4.01. The Hall–Kier alpha value is -1.46. The molecule has 2 N–H and O–H groups in total. The minimum absolute atomic E-state index is 0.111. The molecule has 0 aromatic heterocycles. The average Bonchev–Trinajstić information content (AvgIpc) is 2.45. The number of benzene rings is 1. The van der Waals surface area contributed by atoms with Crippen LogP contribution in [0.3, 0.4) is 0 Å². The van der Waals surface area contributed by atoms with Crippen LogP contribution in [-0.2, 0) is 6.54 Å². The molecule has 0 unspecified atom stereocenters. The number of rotatable bonds is 7. The summed E-state index contributed by atoms with van der Waals surface area (Å²) in [5, 5.41) is 12.9. The van der Waals surface area contributed by atoms with E-state index >= 15 is 0 Å². The van der Waals surface area contributed by atoms with Crippen LogP contribution in [0.4, 0.5) is 0 Å². The second-order valence-corrected chi connectivity index (χ2v) is 5.18. The zero-order valence-corrected chi connectivity index (χ0v) is 12.4. The minimum Gasteiger partial charge on any atom is -0.493 e. The van der Waals surface area contributed by atoms with Crippen LogP contribution < -0.4 is 19.5 Å². The average molecular weight is 281 g/mol. The summed E-state index contributed by atoms with van der Waals surface area (Å²) in [6.07, 6.45) is 3.21. The summed E-state index contributed by atoms with van der Waals surface area (Å²) in [6.45, 7) is 0.842. The lowest BCUT2D eigenvalue weighted by Gasteiger charge is -2.41. The van der Waals surface area contributed by atoms with Crippen molar-refractivity contribution >= 4 is 0 Å². The number of aliphatic hydroxyl groups is 1. The Kier molecular flexibility index (Phi) is 4.73. The van der Waals surface area contributed by atoms with E-state index in [0.29, 0.717) is 23.8 Å². The van der Waals surface area contributed by atoms with Crippen LogP contribution in [-0.4, -0.2) is 38.6 Å². The van der Waals surface area contributed by atoms with Crippen molar-refractivity contribution in [2.45, 2.75) is 31.3 Å². The second kappa shape index (κ2) is 6.33. The molecule has 0 saturated heterocycles. The Bertz CT molecular complexity index is 427. The summed E-state index contributed by atoms with van der Waals surface area (Å²) in [5.74, 6) is 1.89. The van der Waals surface area contributed by atoms with E-state index < -0.39 is 0 Å². The summed E-state index contributed by atoms with van der Waals surface area (Å²) in [6, 6.07) is 3.86. The Morgan fingerprint density at radius 1 is 1.10 bits per heavy atom. The van der Waals surface area contributed by atoms with Gasteiger partial charge < -0.3 is 24.6 Å². The molecule has 0 radical (unpaired) electrons. The van der Waals surface area contributed by atoms with Gasteiger partial charge in [0.05, 0.1) is 27.9 Å². The van der Waals surface area contributed by atoms with Crippen LogP contribution in [0.5, 0.6) is 17.2 Å². The Morgan fingerprint density at radius 3 is 2.05 bits per heavy atom. The Labute approximate surface area is 119 Å². The molecule has 0 bridgehead atoms. The van der Waals surface area contributed by atoms with Gasteiger partial charge >= 0.3 is 0 Å². The molecule has 2 rings (SSSR count). The van der Waals surface area contributed by atoms with E-state index in [1.54, 1.807) is 21.3 Å². The van der Waals surface area contributed by atoms with Crippen LogP contribution in [0.25, 0.3) is 0 Å². The predicted octanol–water partition coefficient (Wildman–Crippen LogP) is 1.72. The van der Waals surface area contributed by atoms with Gasteiger partial charge in [0.2, 0.25) is 5.75 Å². The van der Waals surface area contributed by atoms with Gasteiger partial charge in [0.1, 0.15) is 0 Å². The van der Waals surface area contributed by atoms with Crippen molar-refractivity contribution in [2.75, 3.05) is 27.9 Å². The quantitative estimate of drug-likeness (QED) is 0.797. The number of hydrogen-bond donors (Lipinski definition) is 2. The molecule has 112 valence electrons. The first-order valence-corrected chi connectivity index (χ1v) is 6.83. The molecule has 0 aliphatic heterocycles. The van der Waals surface area contributed by atoms with Gasteiger partial charge in [0, 0.05) is 12.1 Å². The van der Waals surface area contributed by atoms with E-state index in [1.165, 1.54) is 6.42 Å². The monoisotopic (exact) mass is 281 g/mol. The minimum atomic E-state index is -0.111. The molecule has 1 aliphatic carbocycles. The largest absolute Gasteiger partial charge is 0.493 e. The Balaban J connectivity index is 2.15. The van der Waals surface area contributed by atoms with Crippen molar-refractivity contribution in [1.29, 1.82) is 0 Å². The van der Waals surface area contributed by atoms with E-state index in [9.17, 15) is 5.11 Å². The SMILES string of the molecule is COc1cc(CNC2(CO)CCC2)cc(OC)c1OC. The van der Waals surface area contributed by atoms with Crippen molar-refractivity contribution < 1.29 is 19.3 Å². The molecule has 0 amide bonds. The van der Waals surface area contributed by atoms with E-state index in [0.717, 1.165) is 18.4 Å². The molecular formula is C15H23NO4. The predicted molar refractivity (Wildman–Crippen MR) is 76.6 cm³/mol. The molecule has 5 nitrogen and oxygen atoms in total. The summed E-state index contributed by atoms with van der Waals surface area (Å²) in [5.41, 5.74) is 0.930. The lowest BCUT2D eigenvalue weighted by atomic mass is 9.77. The number of ether oxygens (including phenoxy) is 3. The van der Waals surface area contributed by atoms with Gasteiger partial charge in [0.25, 0.3) is 0 Å². The maximum Gasteiger partial charge on any atom is 0.203 e. The molecule has 1 aliphatic rings. The van der Waals surface area contributed by atoms with Crippen LogP contribution in [0, 0.1) is 0 Å². The fourth-order valence-corrected chi connectivity index (χ4v) is 2.52. The number of aliphatic hydroxyl groups excluding tert-OH is 1. The van der Waals surface area contributed by atoms with Crippen molar-refractivity contribution in [2.24, 2.45) is 0 Å². The van der Waals surface area contributed by atoms with Gasteiger partial charge in [-0.3, -0.25) is 0 Å². The maximum absolute atomic E-state index is 9.47. The van der Waals surface area contributed by atoms with E-state index in [2.05, 4.69) is 5.32 Å². The van der Waals surface area contributed by atoms with Gasteiger partial charge in [-0.05, 0) is 37.0 Å². The first kappa shape index (κ1) is 14.9. The van der Waals surface area contributed by atoms with Crippen molar-refractivity contribution in [3.05, 3.63) is 17.7 Å². The van der Waals surface area contributed by atoms with Crippen LogP contribution in [0.2, 0.25) is 0 Å². The summed E-state index contributed by atoms with van der Waals surface area (Å²) >= 11 is 0. The molecule has 1 fully saturated rings. The highest BCUT2D eigenvalue weighted by Gasteiger charge is 2.35. The number of hydrogen-bond acceptors (Lipinski definition) is 5. The summed E-state index contributed by atoms with van der Waals surface area (Å²) in [7, 11) is 4.80. The highest BCUT2D eigenvalue weighted by Crippen LogP contribution is 2.38. The van der Waals surface area contributed by atoms with Gasteiger partial charge in [-0.15, -0.1) is 0 Å². The fourth-order valence-electron chi connectivity index (χ4n) is 2.52. The number of methoxy groups -OCH3 is 3. The van der Waals surface area contributed by atoms with Gasteiger partial charge in [-0.1, -0.05) is 0 Å². The van der Waals surface area contributed by atoms with Gasteiger partial charge in [-0.2, -0.15) is 0 Å². The normalized spacial score (nSPS) is 16.4. The Morgan fingerprint density at radius 2 is 1.70 bits per heavy atom. The highest BCUT2D eigenvalue weighted by atomic mass is 16.5. The van der Waals surface area contributed by atoms with Gasteiger partial charge in [0.15, 0.2) is 11.5 Å². The van der Waals surface area contributed by atoms with E-state index in [4.69, 9.17) is 14.2 Å². The third-order valence-electron chi connectivity index (χ3n) is 4.01. The highest BCUT2D eigenvalue weighted by molar-refractivity contribution is 5.53. The van der Waals surface area contributed by atoms with Crippen molar-refractivity contribution in [3.8, 4) is 17.2 Å². The molecule has 0 atom stereocenters. The topological polar surface area (TPSA) is 60.0 Å². The zero-order valence-electron chi connectivity index (χ0n) is 12.4. The molecule has 5 heteroatoms. The molecule has 20 heavy (non-hydrogen) atoms. The molecule has 0 spiro atoms. The maximum atomic E-state index is 9.47. The molecule has 1 aromatic rings. The third kappa shape index (κ3) is 2.83. The number of nitrogens with one attached hydrogen (secondary N) is 1. The van der Waals surface area contributed by atoms with Crippen LogP contribution in [0.1, 0.15) is 24.8 Å². The lowest BCUT2D eigenvalue weighted by molar-refractivity contribution is 0.0871. The first-order chi connectivity index (χ1) is 9.68. The van der Waals surface area contributed by atoms with Crippen LogP contribution in [0.15, 0.2) is 12.1 Å². The van der Waals surface area contributed by atoms with Crippen LogP contribution >= 0.6 is 0 Å². The van der Waals surface area contributed by atoms with Gasteiger partial charge in [-0.25, -0.2) is 0 Å². The summed E-state index contributed by atoms with van der Waals surface area (Å²) in [4.78, 5) is 0. The smallest absolute Gasteiger partial charge is 0.203 e. The molecule has 1 aromatic carbocycles. The lowest BCUT2D eigenvalue weighted by Crippen LogP contribution is -2.53. The molecule has 0 heterocycles. The second-order valence-electron chi connectivity index (χ2n) is 5.18.